The Morgan fingerprint density at radius 3 is 2.80 bits per heavy atom. The topological polar surface area (TPSA) is 79.3 Å². The Kier molecular flexibility index (Phi) is 4.36. The summed E-state index contributed by atoms with van der Waals surface area (Å²) < 4.78 is 0. The van der Waals surface area contributed by atoms with E-state index in [1.807, 2.05) is 0 Å². The number of nitrogens with one attached hydrogen (secondary N) is 1. The lowest BCUT2D eigenvalue weighted by molar-refractivity contribution is -0.115. The van der Waals surface area contributed by atoms with Crippen molar-refractivity contribution in [2.45, 2.75) is 13.3 Å². The second kappa shape index (κ2) is 6.02. The zero-order valence-electron chi connectivity index (χ0n) is 10.5. The van der Waals surface area contributed by atoms with E-state index in [2.05, 4.69) is 10.3 Å². The summed E-state index contributed by atoms with van der Waals surface area (Å²) in [5, 5.41) is 12.5. The highest BCUT2D eigenvalue weighted by atomic mass is 35.5. The molecule has 1 aromatic heterocycles. The number of hydrogen-bond acceptors (Lipinski definition) is 4. The number of carboxylic acid groups (broad SMARTS) is 1. The summed E-state index contributed by atoms with van der Waals surface area (Å²) in [4.78, 5) is 26.9. The molecule has 1 aromatic carbocycles. The van der Waals surface area contributed by atoms with E-state index in [1.54, 1.807) is 31.2 Å². The van der Waals surface area contributed by atoms with Crippen LogP contribution in [0.25, 0.3) is 11.3 Å². The predicted octanol–water partition coefficient (Wildman–Crippen LogP) is 3.51. The first kappa shape index (κ1) is 14.5. The Morgan fingerprint density at radius 2 is 2.20 bits per heavy atom. The Labute approximate surface area is 124 Å². The van der Waals surface area contributed by atoms with Crippen LogP contribution in [-0.2, 0) is 4.79 Å². The number of hydrogen-bond donors (Lipinski definition) is 2. The minimum atomic E-state index is -1.09. The van der Waals surface area contributed by atoms with Crippen LogP contribution in [0.15, 0.2) is 24.3 Å². The van der Waals surface area contributed by atoms with Crippen molar-refractivity contribution in [3.05, 3.63) is 34.2 Å². The lowest BCUT2D eigenvalue weighted by Crippen LogP contribution is -2.08. The first-order valence-corrected chi connectivity index (χ1v) is 7.00. The molecule has 0 aliphatic rings. The first-order valence-electron chi connectivity index (χ1n) is 5.81. The molecule has 0 saturated carbocycles. The molecule has 0 unspecified atom stereocenters. The van der Waals surface area contributed by atoms with Gasteiger partial charge in [-0.05, 0) is 12.1 Å². The molecule has 0 spiro atoms. The predicted molar refractivity (Wildman–Crippen MR) is 78.4 cm³/mol. The van der Waals surface area contributed by atoms with Crippen LogP contribution < -0.4 is 5.32 Å². The third-order valence-electron chi connectivity index (χ3n) is 2.49. The fraction of sp³-hybridized carbons (Fsp3) is 0.154. The molecule has 0 fully saturated rings. The van der Waals surface area contributed by atoms with Gasteiger partial charge in [0.2, 0.25) is 5.91 Å². The highest BCUT2D eigenvalue weighted by Gasteiger charge is 2.19. The lowest BCUT2D eigenvalue weighted by Gasteiger charge is -1.99. The number of anilines is 1. The zero-order chi connectivity index (χ0) is 14.7. The van der Waals surface area contributed by atoms with Gasteiger partial charge in [-0.2, -0.15) is 0 Å². The number of carboxylic acids is 1. The average Bonchev–Trinajstić information content (AvgIpc) is 2.82. The van der Waals surface area contributed by atoms with Crippen molar-refractivity contribution in [2.24, 2.45) is 0 Å². The molecule has 5 nitrogen and oxygen atoms in total. The van der Waals surface area contributed by atoms with Gasteiger partial charge in [0.15, 0.2) is 5.13 Å². The number of halogens is 1. The molecule has 0 aliphatic carbocycles. The van der Waals surface area contributed by atoms with E-state index in [0.717, 1.165) is 11.3 Å². The van der Waals surface area contributed by atoms with Gasteiger partial charge < -0.3 is 10.4 Å². The van der Waals surface area contributed by atoms with E-state index in [1.165, 1.54) is 0 Å². The van der Waals surface area contributed by atoms with Crippen LogP contribution >= 0.6 is 22.9 Å². The van der Waals surface area contributed by atoms with Gasteiger partial charge in [-0.1, -0.05) is 42.0 Å². The van der Waals surface area contributed by atoms with E-state index in [9.17, 15) is 14.7 Å². The van der Waals surface area contributed by atoms with Crippen LogP contribution in [0.1, 0.15) is 23.0 Å². The quantitative estimate of drug-likeness (QED) is 0.905. The number of carbonyl (C=O) groups is 2. The molecule has 7 heteroatoms. The molecule has 2 aromatic rings. The summed E-state index contributed by atoms with van der Waals surface area (Å²) in [5.74, 6) is -1.30. The molecule has 0 bridgehead atoms. The normalized spacial score (nSPS) is 10.3. The number of aromatic nitrogens is 1. The van der Waals surface area contributed by atoms with Crippen LogP contribution in [0.4, 0.5) is 5.13 Å². The second-order valence-corrected chi connectivity index (χ2v) is 5.35. The van der Waals surface area contributed by atoms with Gasteiger partial charge in [-0.3, -0.25) is 4.79 Å². The van der Waals surface area contributed by atoms with E-state index in [-0.39, 0.29) is 15.9 Å². The van der Waals surface area contributed by atoms with Crippen molar-refractivity contribution in [2.75, 3.05) is 5.32 Å². The van der Waals surface area contributed by atoms with Crippen LogP contribution in [0.3, 0.4) is 0 Å². The molecule has 0 aliphatic heterocycles. The summed E-state index contributed by atoms with van der Waals surface area (Å²) in [7, 11) is 0. The van der Waals surface area contributed by atoms with Crippen molar-refractivity contribution in [1.82, 2.24) is 4.98 Å². The van der Waals surface area contributed by atoms with Crippen LogP contribution in [0, 0.1) is 0 Å². The standard InChI is InChI=1S/C13H11ClN2O3S/c1-2-9(17)15-13-16-10(11(20-13)12(18)19)7-4-3-5-8(14)6-7/h3-6H,2H2,1H3,(H,18,19)(H,15,16,17). The first-order chi connectivity index (χ1) is 9.51. The van der Waals surface area contributed by atoms with Gasteiger partial charge in [0.25, 0.3) is 0 Å². The van der Waals surface area contributed by atoms with Gasteiger partial charge in [0, 0.05) is 17.0 Å². The van der Waals surface area contributed by atoms with Crippen molar-refractivity contribution in [1.29, 1.82) is 0 Å². The summed E-state index contributed by atoms with van der Waals surface area (Å²) >= 11 is 6.83. The Balaban J connectivity index is 2.46. The fourth-order valence-electron chi connectivity index (χ4n) is 1.56. The molecule has 0 radical (unpaired) electrons. The van der Waals surface area contributed by atoms with E-state index < -0.39 is 5.97 Å². The molecule has 2 N–H and O–H groups in total. The molecule has 0 saturated heterocycles. The van der Waals surface area contributed by atoms with Gasteiger partial charge in [-0.25, -0.2) is 9.78 Å². The van der Waals surface area contributed by atoms with E-state index in [0.29, 0.717) is 22.7 Å². The molecule has 20 heavy (non-hydrogen) atoms. The summed E-state index contributed by atoms with van der Waals surface area (Å²) in [5.41, 5.74) is 0.902. The number of thiazole rings is 1. The largest absolute Gasteiger partial charge is 0.477 e. The lowest BCUT2D eigenvalue weighted by atomic mass is 10.1. The Hall–Kier alpha value is -1.92. The Bertz CT molecular complexity index is 669. The van der Waals surface area contributed by atoms with Gasteiger partial charge in [0.05, 0.1) is 5.69 Å². The number of benzene rings is 1. The number of nitrogens with zero attached hydrogens (tertiary/aromatic N) is 1. The molecule has 104 valence electrons. The summed E-state index contributed by atoms with van der Waals surface area (Å²) in [6.45, 7) is 1.71. The van der Waals surface area contributed by atoms with Gasteiger partial charge >= 0.3 is 5.97 Å². The summed E-state index contributed by atoms with van der Waals surface area (Å²) in [6.07, 6.45) is 0.300. The number of carbonyl (C=O) groups excluding carboxylic acids is 1. The fourth-order valence-corrected chi connectivity index (χ4v) is 2.59. The average molecular weight is 311 g/mol. The number of aromatic carboxylic acids is 1. The third-order valence-corrected chi connectivity index (χ3v) is 3.68. The SMILES string of the molecule is CCC(=O)Nc1nc(-c2cccc(Cl)c2)c(C(=O)O)s1. The second-order valence-electron chi connectivity index (χ2n) is 3.91. The smallest absolute Gasteiger partial charge is 0.348 e. The molecular formula is C13H11ClN2O3S. The van der Waals surface area contributed by atoms with Crippen molar-refractivity contribution in [3.63, 3.8) is 0 Å². The number of rotatable bonds is 4. The molecule has 0 atom stereocenters. The van der Waals surface area contributed by atoms with Crippen LogP contribution in [0.2, 0.25) is 5.02 Å². The maximum atomic E-state index is 11.3. The maximum Gasteiger partial charge on any atom is 0.348 e. The highest BCUT2D eigenvalue weighted by molar-refractivity contribution is 7.18. The highest BCUT2D eigenvalue weighted by Crippen LogP contribution is 2.32. The zero-order valence-corrected chi connectivity index (χ0v) is 12.1. The van der Waals surface area contributed by atoms with Gasteiger partial charge in [-0.15, -0.1) is 0 Å². The molecular weight excluding hydrogens is 300 g/mol. The van der Waals surface area contributed by atoms with E-state index >= 15 is 0 Å². The number of amides is 1. The van der Waals surface area contributed by atoms with E-state index in [4.69, 9.17) is 11.6 Å². The minimum Gasteiger partial charge on any atom is -0.477 e. The molecule has 2 rings (SSSR count). The van der Waals surface area contributed by atoms with Crippen molar-refractivity contribution >= 4 is 39.9 Å². The van der Waals surface area contributed by atoms with Crippen LogP contribution in [-0.4, -0.2) is 22.0 Å². The van der Waals surface area contributed by atoms with Crippen molar-refractivity contribution < 1.29 is 14.7 Å². The Morgan fingerprint density at radius 1 is 1.45 bits per heavy atom. The monoisotopic (exact) mass is 310 g/mol. The molecule has 1 amide bonds. The van der Waals surface area contributed by atoms with Crippen molar-refractivity contribution in [3.8, 4) is 11.3 Å². The molecule has 1 heterocycles. The third kappa shape index (κ3) is 3.15. The maximum absolute atomic E-state index is 11.3. The van der Waals surface area contributed by atoms with Crippen LogP contribution in [0.5, 0.6) is 0 Å². The van der Waals surface area contributed by atoms with Gasteiger partial charge in [0.1, 0.15) is 4.88 Å². The minimum absolute atomic E-state index is 0.0682. The summed E-state index contributed by atoms with van der Waals surface area (Å²) in [6, 6.07) is 6.76.